The van der Waals surface area contributed by atoms with Crippen LogP contribution in [0.25, 0.3) is 0 Å². The Bertz CT molecular complexity index is 2470. The predicted octanol–water partition coefficient (Wildman–Crippen LogP) is 6.98. The van der Waals surface area contributed by atoms with Crippen molar-refractivity contribution in [2.24, 2.45) is 0 Å². The highest BCUT2D eigenvalue weighted by atomic mass is 16.5. The van der Waals surface area contributed by atoms with Gasteiger partial charge in [0.05, 0.1) is 353 Å². The van der Waals surface area contributed by atoms with Gasteiger partial charge in [0, 0.05) is 33.8 Å². The van der Waals surface area contributed by atoms with Gasteiger partial charge in [0.1, 0.15) is 50.9 Å². The van der Waals surface area contributed by atoms with Crippen LogP contribution in [-0.2, 0) is 76.3 Å². The van der Waals surface area contributed by atoms with E-state index in [0.717, 1.165) is 184 Å². The second-order valence-corrected chi connectivity index (χ2v) is 37.1. The summed E-state index contributed by atoms with van der Waals surface area (Å²) in [6.07, 6.45) is 3.51. The molecular weight excluding hydrogens is 1510 g/mol. The van der Waals surface area contributed by atoms with Gasteiger partial charge >= 0.3 is 23.9 Å². The van der Waals surface area contributed by atoms with Crippen LogP contribution in [0.4, 0.5) is 0 Å². The summed E-state index contributed by atoms with van der Waals surface area (Å²) in [5.41, 5.74) is 0. The van der Waals surface area contributed by atoms with Crippen LogP contribution in [0.2, 0.25) is 0 Å². The molecule has 0 aromatic rings. The number of ether oxygens (including phenoxy) is 8. The Morgan fingerprint density at radius 3 is 0.890 bits per heavy atom. The standard InChI is InChI=1S/C12H24NO2.C10H22NO.C9H22NO2.C9H20NO.C8H18NO2.C8H18NO.C7H16NO2.C7H18NO2.C7H16NO2.C6H14NO2.C6H14NO/c1-5-13(3,6-2)9-7-8-10-15-12-11-14-4;1-5-11(4,6-2)9-7-8-10(3)12;1-4-10(3,5-2)6-8-12-9-7-11;1-5-10(4,6-2)8-7-9(3)11;1-5-11-8(10)6-7-9(2,3)4;1-5-9(4,6-2)7-8(3)10;1-8(2,3)6-5-7(9)10-4;1-8(2,3)4-6-10-7-5-9;1-5-10-7(9)6-8(2,3)4;1-7(2,3)5-6(8)9-4;1-6(8)5-7(2,3)4/h5-6,9-12H2,1-4H3;5-9H2,1-4H3;11H,4-9H2,1-3H3;5-8H2,1-4H3;5-7H2,1-4H3;5-7H2,1-4H3;5-6H2,1-4H3;9H,4-7H2,1-3H3;5-6H2,1-4H3;5H2,1-4H3;5H2,1-4H3/q11*+1. The van der Waals surface area contributed by atoms with Crippen molar-refractivity contribution in [3.63, 3.8) is 0 Å². The largest absolute Gasteiger partial charge is 0.469 e. The average Bonchev–Trinajstić information content (AvgIpc) is 0.933. The van der Waals surface area contributed by atoms with Gasteiger partial charge in [-0.2, -0.15) is 0 Å². The number of nitrogens with zero attached hydrogens (tertiary/aromatic N) is 11. The highest BCUT2D eigenvalue weighted by Crippen LogP contribution is 2.07. The van der Waals surface area contributed by atoms with E-state index in [1.807, 2.05) is 98.4 Å². The van der Waals surface area contributed by atoms with Gasteiger partial charge in [0.25, 0.3) is 0 Å². The summed E-state index contributed by atoms with van der Waals surface area (Å²) >= 11 is 0. The van der Waals surface area contributed by atoms with E-state index in [-0.39, 0.29) is 48.7 Å². The highest BCUT2D eigenvalue weighted by molar-refractivity contribution is 5.77. The lowest BCUT2D eigenvalue weighted by molar-refractivity contribution is -0.906. The van der Waals surface area contributed by atoms with E-state index in [2.05, 4.69) is 168 Å². The Morgan fingerprint density at radius 2 is 0.610 bits per heavy atom. The Hall–Kier alpha value is -4.56. The number of carbonyl (C=O) groups excluding carboxylic acids is 8. The second-order valence-electron chi connectivity index (χ2n) is 37.1. The first-order valence-corrected chi connectivity index (χ1v) is 43.1. The average molecular weight is 1710 g/mol. The number of aliphatic hydroxyl groups excluding tert-OH is 2. The number of hydrogen-bond donors (Lipinski definition) is 2. The molecule has 0 saturated heterocycles. The number of methoxy groups -OCH3 is 3. The normalized spacial score (nSPS) is 11.5. The molecule has 0 aliphatic heterocycles. The monoisotopic (exact) mass is 1710 g/mol. The maximum atomic E-state index is 10.9. The van der Waals surface area contributed by atoms with Crippen molar-refractivity contribution in [2.45, 2.75) is 143 Å². The molecule has 710 valence electrons. The van der Waals surface area contributed by atoms with Crippen LogP contribution in [0.3, 0.4) is 0 Å². The first-order valence-electron chi connectivity index (χ1n) is 43.1. The van der Waals surface area contributed by atoms with E-state index in [1.54, 1.807) is 34.8 Å². The van der Waals surface area contributed by atoms with Crippen LogP contribution in [0.1, 0.15) is 143 Å². The molecule has 0 aliphatic carbocycles. The van der Waals surface area contributed by atoms with Crippen molar-refractivity contribution in [1.82, 2.24) is 0 Å². The van der Waals surface area contributed by atoms with Gasteiger partial charge in [0.2, 0.25) is 0 Å². The lowest BCUT2D eigenvalue weighted by atomic mass is 10.2. The zero-order valence-electron chi connectivity index (χ0n) is 85.5. The summed E-state index contributed by atoms with van der Waals surface area (Å²) in [6.45, 7) is 57.4. The number of ketones is 4. The van der Waals surface area contributed by atoms with Crippen molar-refractivity contribution in [3.8, 4) is 11.8 Å². The predicted molar refractivity (Wildman–Crippen MR) is 487 cm³/mol. The van der Waals surface area contributed by atoms with E-state index in [1.165, 1.54) is 14.2 Å². The lowest BCUT2D eigenvalue weighted by Crippen LogP contribution is -2.46. The number of aliphatic hydroxyl groups is 2. The number of rotatable bonds is 48. The first-order chi connectivity index (χ1) is 53.8. The molecule has 2 N–H and O–H groups in total. The van der Waals surface area contributed by atoms with Crippen LogP contribution in [0.5, 0.6) is 0 Å². The molecule has 0 heterocycles. The van der Waals surface area contributed by atoms with Gasteiger partial charge in [-0.3, -0.25) is 24.0 Å². The number of quaternary nitrogens is 11. The Kier molecular flexibility index (Phi) is 92.2. The third-order valence-electron chi connectivity index (χ3n) is 18.8. The summed E-state index contributed by atoms with van der Waals surface area (Å²) in [5, 5.41) is 16.8. The number of Topliss-reactive ketones (excluding diaryl/α,β-unsaturated/α-hetero) is 4. The quantitative estimate of drug-likeness (QED) is 0.0205. The minimum absolute atomic E-state index is 0.0967. The topological polar surface area (TPSA) is 251 Å². The minimum atomic E-state index is -0.164. The fraction of sp³-hybridized carbons (Fsp3) is 0.888. The van der Waals surface area contributed by atoms with E-state index >= 15 is 0 Å². The van der Waals surface area contributed by atoms with Crippen LogP contribution in [0.15, 0.2) is 0 Å². The zero-order valence-corrected chi connectivity index (χ0v) is 85.5. The van der Waals surface area contributed by atoms with Crippen molar-refractivity contribution in [1.29, 1.82) is 0 Å². The van der Waals surface area contributed by atoms with Crippen molar-refractivity contribution < 1.29 is 136 Å². The van der Waals surface area contributed by atoms with Gasteiger partial charge < -0.3 is 102 Å². The second kappa shape index (κ2) is 79.6. The fourth-order valence-corrected chi connectivity index (χ4v) is 8.61. The maximum Gasteiger partial charge on any atom is 0.361 e. The molecule has 118 heavy (non-hydrogen) atoms. The molecule has 0 bridgehead atoms. The summed E-state index contributed by atoms with van der Waals surface area (Å²) in [5.74, 6) is 6.81. The molecule has 0 aromatic carbocycles. The number of likely N-dealkylation sites (N-methyl/N-ethyl adjacent to an activating group) is 6. The molecule has 0 saturated carbocycles. The zero-order chi connectivity index (χ0) is 95.4. The van der Waals surface area contributed by atoms with Crippen LogP contribution < -0.4 is 0 Å². The third kappa shape index (κ3) is 125. The molecule has 0 aromatic heterocycles. The summed E-state index contributed by atoms with van der Waals surface area (Å²) in [7, 11) is 51.8. The highest BCUT2D eigenvalue weighted by Gasteiger charge is 2.22. The van der Waals surface area contributed by atoms with Crippen molar-refractivity contribution in [3.05, 3.63) is 0 Å². The van der Waals surface area contributed by atoms with Gasteiger partial charge in [-0.15, -0.1) is 0 Å². The van der Waals surface area contributed by atoms with Gasteiger partial charge in [-0.05, 0) is 103 Å². The molecule has 0 amide bonds. The van der Waals surface area contributed by atoms with Crippen LogP contribution >= 0.6 is 0 Å². The Labute approximate surface area is 727 Å². The van der Waals surface area contributed by atoms with Crippen LogP contribution in [-0.4, -0.2) is 500 Å². The molecule has 0 radical (unpaired) electrons. The lowest BCUT2D eigenvalue weighted by Gasteiger charge is -2.31. The Balaban J connectivity index is -0.000000119. The number of hydrogen-bond acceptors (Lipinski definition) is 18. The molecule has 0 spiro atoms. The van der Waals surface area contributed by atoms with Gasteiger partial charge in [0.15, 0.2) is 24.7 Å². The van der Waals surface area contributed by atoms with Crippen molar-refractivity contribution >= 4 is 47.0 Å². The third-order valence-corrected chi connectivity index (χ3v) is 18.8. The molecule has 0 fully saturated rings. The number of esters is 4. The molecule has 0 rings (SSSR count). The van der Waals surface area contributed by atoms with E-state index in [9.17, 15) is 38.4 Å². The van der Waals surface area contributed by atoms with E-state index in [0.29, 0.717) is 106 Å². The van der Waals surface area contributed by atoms with E-state index < -0.39 is 0 Å². The van der Waals surface area contributed by atoms with Crippen molar-refractivity contribution in [2.75, 3.05) is 394 Å². The Morgan fingerprint density at radius 1 is 0.280 bits per heavy atom. The summed E-state index contributed by atoms with van der Waals surface area (Å²) < 4.78 is 48.5. The fourth-order valence-electron chi connectivity index (χ4n) is 8.61. The molecular formula is C89H202N11O18+11. The number of carbonyl (C=O) groups is 8. The molecule has 0 atom stereocenters. The first kappa shape index (κ1) is 137. The summed E-state index contributed by atoms with van der Waals surface area (Å²) in [4.78, 5) is 85.5. The molecule has 29 nitrogen and oxygen atoms in total. The maximum absolute atomic E-state index is 10.9. The molecule has 0 unspecified atom stereocenters. The minimum Gasteiger partial charge on any atom is -0.469 e. The van der Waals surface area contributed by atoms with Crippen LogP contribution in [0, 0.1) is 11.8 Å². The molecule has 0 aliphatic rings. The smallest absolute Gasteiger partial charge is 0.361 e. The summed E-state index contributed by atoms with van der Waals surface area (Å²) in [6, 6.07) is 0. The van der Waals surface area contributed by atoms with E-state index in [4.69, 9.17) is 38.6 Å². The van der Waals surface area contributed by atoms with Gasteiger partial charge in [-0.1, -0.05) is 5.92 Å². The van der Waals surface area contributed by atoms with Gasteiger partial charge in [-0.25, -0.2) is 9.59 Å². The SMILES string of the molecule is CC(=O)C[N+](C)(C)C.CCOC(=O)CC[N+](C)(C)C.CCOC(=O)C[N+](C)(C)C.CC[N+](C)(CC)CC#CCOCCOC.CC[N+](C)(CC)CC(C)=O.CC[N+](C)(CC)CCC(C)=O.CC[N+](C)(CC)CCCC(C)=O.CC[N+](C)(CC)CCOCCO.COC(=O)CC[N+](C)(C)C.COC(=O)C[N+](C)(C)C.C[N+](C)(C)CCOCCO. The molecule has 29 heteroatoms.